The van der Waals surface area contributed by atoms with Gasteiger partial charge in [-0.2, -0.15) is 0 Å². The van der Waals surface area contributed by atoms with Crippen LogP contribution < -0.4 is 10.5 Å². The lowest BCUT2D eigenvalue weighted by Crippen LogP contribution is -2.09. The number of nitrogens with zero attached hydrogens (tertiary/aromatic N) is 1. The molecule has 0 saturated carbocycles. The first-order chi connectivity index (χ1) is 10.6. The van der Waals surface area contributed by atoms with E-state index in [0.29, 0.717) is 12.6 Å². The zero-order chi connectivity index (χ0) is 15.7. The first-order valence-corrected chi connectivity index (χ1v) is 7.64. The van der Waals surface area contributed by atoms with Crippen LogP contribution in [-0.2, 0) is 6.61 Å². The third-order valence-corrected chi connectivity index (χ3v) is 3.96. The van der Waals surface area contributed by atoms with Crippen molar-refractivity contribution in [2.45, 2.75) is 33.4 Å². The zero-order valence-electron chi connectivity index (χ0n) is 13.3. The highest BCUT2D eigenvalue weighted by molar-refractivity contribution is 5.91. The molecule has 0 amide bonds. The molecule has 0 bridgehead atoms. The number of anilines is 1. The minimum atomic E-state index is 0.331. The fourth-order valence-corrected chi connectivity index (χ4v) is 2.94. The molecule has 0 fully saturated rings. The number of hydrogen-bond acceptors (Lipinski definition) is 2. The molecule has 3 rings (SSSR count). The molecule has 2 aromatic carbocycles. The van der Waals surface area contributed by atoms with Crippen molar-refractivity contribution in [3.05, 3.63) is 59.8 Å². The van der Waals surface area contributed by atoms with Gasteiger partial charge in [0.2, 0.25) is 0 Å². The molecule has 114 valence electrons. The van der Waals surface area contributed by atoms with Gasteiger partial charge in [0, 0.05) is 11.4 Å². The molecule has 3 aromatic rings. The van der Waals surface area contributed by atoms with E-state index in [1.807, 2.05) is 30.3 Å². The van der Waals surface area contributed by atoms with Gasteiger partial charge >= 0.3 is 0 Å². The monoisotopic (exact) mass is 294 g/mol. The molecule has 3 heteroatoms. The lowest BCUT2D eigenvalue weighted by atomic mass is 10.2. The number of aromatic nitrogens is 1. The van der Waals surface area contributed by atoms with Crippen LogP contribution in [0.3, 0.4) is 0 Å². The van der Waals surface area contributed by atoms with Crippen molar-refractivity contribution in [2.75, 3.05) is 5.73 Å². The van der Waals surface area contributed by atoms with E-state index < -0.39 is 0 Å². The molecule has 3 nitrogen and oxygen atoms in total. The third kappa shape index (κ3) is 2.54. The van der Waals surface area contributed by atoms with E-state index in [1.165, 1.54) is 0 Å². The highest BCUT2D eigenvalue weighted by Gasteiger charge is 2.14. The van der Waals surface area contributed by atoms with E-state index in [0.717, 1.165) is 33.6 Å². The summed E-state index contributed by atoms with van der Waals surface area (Å²) in [5.41, 5.74) is 10.4. The fraction of sp³-hybridized carbons (Fsp3) is 0.263. The summed E-state index contributed by atoms with van der Waals surface area (Å²) in [5.74, 6) is 0.927. The molecule has 0 aliphatic heterocycles. The summed E-state index contributed by atoms with van der Waals surface area (Å²) in [6, 6.07) is 16.6. The molecule has 0 radical (unpaired) electrons. The quantitative estimate of drug-likeness (QED) is 0.709. The first kappa shape index (κ1) is 14.5. The Morgan fingerprint density at radius 1 is 1.09 bits per heavy atom. The van der Waals surface area contributed by atoms with Crippen LogP contribution in [-0.4, -0.2) is 4.57 Å². The molecule has 1 heterocycles. The number of para-hydroxylation sites is 2. The highest BCUT2D eigenvalue weighted by Crippen LogP contribution is 2.29. The van der Waals surface area contributed by atoms with Crippen molar-refractivity contribution in [3.8, 4) is 5.75 Å². The lowest BCUT2D eigenvalue weighted by molar-refractivity contribution is 0.291. The fourth-order valence-electron chi connectivity index (χ4n) is 2.94. The van der Waals surface area contributed by atoms with Crippen molar-refractivity contribution >= 4 is 16.6 Å². The Morgan fingerprint density at radius 3 is 2.59 bits per heavy atom. The summed E-state index contributed by atoms with van der Waals surface area (Å²) in [6.07, 6.45) is 0. The van der Waals surface area contributed by atoms with Gasteiger partial charge in [0.25, 0.3) is 0 Å². The van der Waals surface area contributed by atoms with Crippen LogP contribution in [0.1, 0.15) is 31.1 Å². The first-order valence-electron chi connectivity index (χ1n) is 7.64. The summed E-state index contributed by atoms with van der Waals surface area (Å²) >= 11 is 0. The number of nitrogens with two attached hydrogens (primary N) is 1. The Balaban J connectivity index is 1.99. The second-order valence-corrected chi connectivity index (χ2v) is 5.94. The van der Waals surface area contributed by atoms with Crippen LogP contribution in [0.25, 0.3) is 10.9 Å². The number of ether oxygens (including phenoxy) is 1. The van der Waals surface area contributed by atoms with Gasteiger partial charge in [0.05, 0.1) is 16.9 Å². The van der Waals surface area contributed by atoms with Crippen LogP contribution in [0.5, 0.6) is 5.75 Å². The summed E-state index contributed by atoms with van der Waals surface area (Å²) in [4.78, 5) is 0. The van der Waals surface area contributed by atoms with Crippen LogP contribution in [0.2, 0.25) is 0 Å². The van der Waals surface area contributed by atoms with Gasteiger partial charge in [0.1, 0.15) is 12.4 Å². The normalized spacial score (nSPS) is 11.3. The maximum absolute atomic E-state index is 6.18. The number of aryl methyl sites for hydroxylation is 1. The van der Waals surface area contributed by atoms with Gasteiger partial charge < -0.3 is 15.0 Å². The van der Waals surface area contributed by atoms with Crippen LogP contribution in [0.15, 0.2) is 48.5 Å². The Labute approximate surface area is 131 Å². The van der Waals surface area contributed by atoms with Crippen LogP contribution >= 0.6 is 0 Å². The maximum Gasteiger partial charge on any atom is 0.128 e. The van der Waals surface area contributed by atoms with E-state index in [1.54, 1.807) is 0 Å². The van der Waals surface area contributed by atoms with Gasteiger partial charge in [-0.1, -0.05) is 30.3 Å². The molecular formula is C19H22N2O. The van der Waals surface area contributed by atoms with E-state index in [-0.39, 0.29) is 0 Å². The average molecular weight is 294 g/mol. The predicted molar refractivity (Wildman–Crippen MR) is 92.2 cm³/mol. The Bertz CT molecular complexity index is 802. The number of rotatable bonds is 4. The summed E-state index contributed by atoms with van der Waals surface area (Å²) in [5, 5.41) is 1.16. The van der Waals surface area contributed by atoms with Gasteiger partial charge in [-0.15, -0.1) is 0 Å². The van der Waals surface area contributed by atoms with Crippen molar-refractivity contribution in [1.29, 1.82) is 0 Å². The summed E-state index contributed by atoms with van der Waals surface area (Å²) < 4.78 is 8.29. The van der Waals surface area contributed by atoms with E-state index in [2.05, 4.69) is 43.5 Å². The molecular weight excluding hydrogens is 272 g/mol. The van der Waals surface area contributed by atoms with Crippen molar-refractivity contribution < 1.29 is 4.74 Å². The average Bonchev–Trinajstić information content (AvgIpc) is 2.86. The second kappa shape index (κ2) is 5.76. The molecule has 0 saturated heterocycles. The van der Waals surface area contributed by atoms with Crippen LogP contribution in [0, 0.1) is 6.92 Å². The SMILES string of the molecule is Cc1ccccc1OCc1cc2cccc(N)c2n1C(C)C. The molecule has 0 aliphatic carbocycles. The van der Waals surface area contributed by atoms with Gasteiger partial charge in [-0.25, -0.2) is 0 Å². The number of hydrogen-bond donors (Lipinski definition) is 1. The van der Waals surface area contributed by atoms with E-state index in [9.17, 15) is 0 Å². The zero-order valence-corrected chi connectivity index (χ0v) is 13.3. The minimum Gasteiger partial charge on any atom is -0.487 e. The summed E-state index contributed by atoms with van der Waals surface area (Å²) in [6.45, 7) is 6.94. The van der Waals surface area contributed by atoms with Crippen LogP contribution in [0.4, 0.5) is 5.69 Å². The Hall–Kier alpha value is -2.42. The van der Waals surface area contributed by atoms with Crippen molar-refractivity contribution in [2.24, 2.45) is 0 Å². The topological polar surface area (TPSA) is 40.2 Å². The standard InChI is InChI=1S/C19H22N2O/c1-13(2)21-16(11-15-8-6-9-17(20)19(15)21)12-22-18-10-5-4-7-14(18)3/h4-11,13H,12,20H2,1-3H3. The van der Waals surface area contributed by atoms with Gasteiger partial charge in [-0.05, 0) is 44.5 Å². The largest absolute Gasteiger partial charge is 0.487 e. The molecule has 2 N–H and O–H groups in total. The molecule has 0 atom stereocenters. The van der Waals surface area contributed by atoms with Gasteiger partial charge in [-0.3, -0.25) is 0 Å². The molecule has 1 aromatic heterocycles. The highest BCUT2D eigenvalue weighted by atomic mass is 16.5. The maximum atomic E-state index is 6.18. The predicted octanol–water partition coefficient (Wildman–Crippen LogP) is 4.69. The molecule has 0 unspecified atom stereocenters. The van der Waals surface area contributed by atoms with Gasteiger partial charge in [0.15, 0.2) is 0 Å². The smallest absolute Gasteiger partial charge is 0.128 e. The van der Waals surface area contributed by atoms with Crippen molar-refractivity contribution in [3.63, 3.8) is 0 Å². The number of nitrogen functional groups attached to an aromatic ring is 1. The van der Waals surface area contributed by atoms with E-state index in [4.69, 9.17) is 10.5 Å². The van der Waals surface area contributed by atoms with Crippen molar-refractivity contribution in [1.82, 2.24) is 4.57 Å². The number of benzene rings is 2. The molecule has 22 heavy (non-hydrogen) atoms. The number of fused-ring (bicyclic) bond motifs is 1. The Kier molecular flexibility index (Phi) is 3.80. The summed E-state index contributed by atoms with van der Waals surface area (Å²) in [7, 11) is 0. The lowest BCUT2D eigenvalue weighted by Gasteiger charge is -2.16. The van der Waals surface area contributed by atoms with E-state index >= 15 is 0 Å². The second-order valence-electron chi connectivity index (χ2n) is 5.94. The third-order valence-electron chi connectivity index (χ3n) is 3.96. The molecule has 0 aliphatic rings. The molecule has 0 spiro atoms. The Morgan fingerprint density at radius 2 is 1.86 bits per heavy atom. The minimum absolute atomic E-state index is 0.331.